The SMILES string of the molecule is CC1(C)OC(=C(C#N)C#N)C(C#N)=C1C=Cc1c(F)c(F)c(N2NNC3C4CCC(C4)C32)c(F)c1F. The molecule has 11 heteroatoms. The first-order valence-electron chi connectivity index (χ1n) is 11.4. The monoisotopic (exact) mass is 496 g/mol. The maximum Gasteiger partial charge on any atom is 0.187 e. The first kappa shape index (κ1) is 23.9. The number of hydrogen-bond donors (Lipinski definition) is 2. The Morgan fingerprint density at radius 3 is 2.25 bits per heavy atom. The van der Waals surface area contributed by atoms with Gasteiger partial charge in [-0.05, 0) is 51.0 Å². The van der Waals surface area contributed by atoms with Crippen molar-refractivity contribution < 1.29 is 22.3 Å². The third-order valence-electron chi connectivity index (χ3n) is 7.52. The highest BCUT2D eigenvalue weighted by Gasteiger charge is 2.54. The summed E-state index contributed by atoms with van der Waals surface area (Å²) >= 11 is 0. The summed E-state index contributed by atoms with van der Waals surface area (Å²) in [5.74, 6) is -6.04. The number of anilines is 1. The molecule has 0 radical (unpaired) electrons. The second-order valence-corrected chi connectivity index (χ2v) is 9.77. The van der Waals surface area contributed by atoms with Crippen LogP contribution in [-0.2, 0) is 4.74 Å². The summed E-state index contributed by atoms with van der Waals surface area (Å²) in [6, 6.07) is 4.69. The summed E-state index contributed by atoms with van der Waals surface area (Å²) in [5, 5.41) is 29.0. The molecule has 184 valence electrons. The lowest BCUT2D eigenvalue weighted by Gasteiger charge is -2.31. The molecule has 2 N–H and O–H groups in total. The van der Waals surface area contributed by atoms with E-state index in [0.29, 0.717) is 5.92 Å². The second-order valence-electron chi connectivity index (χ2n) is 9.77. The fourth-order valence-corrected chi connectivity index (χ4v) is 5.90. The Morgan fingerprint density at radius 1 is 1.00 bits per heavy atom. The van der Waals surface area contributed by atoms with Crippen molar-refractivity contribution in [3.8, 4) is 18.2 Å². The number of benzene rings is 1. The van der Waals surface area contributed by atoms with Gasteiger partial charge >= 0.3 is 0 Å². The van der Waals surface area contributed by atoms with Gasteiger partial charge in [0, 0.05) is 11.6 Å². The average Bonchev–Trinajstić information content (AvgIpc) is 3.61. The summed E-state index contributed by atoms with van der Waals surface area (Å²) in [6.07, 6.45) is 4.67. The largest absolute Gasteiger partial charge is 0.480 e. The van der Waals surface area contributed by atoms with Gasteiger partial charge in [-0.3, -0.25) is 5.01 Å². The molecule has 3 fully saturated rings. The molecule has 0 spiro atoms. The van der Waals surface area contributed by atoms with Crippen molar-refractivity contribution >= 4 is 11.8 Å². The number of hydrazine groups is 2. The predicted octanol–water partition coefficient (Wildman–Crippen LogP) is 4.18. The van der Waals surface area contributed by atoms with E-state index in [9.17, 15) is 5.26 Å². The van der Waals surface area contributed by atoms with Crippen LogP contribution in [0.15, 0.2) is 28.6 Å². The van der Waals surface area contributed by atoms with E-state index in [1.54, 1.807) is 12.1 Å². The van der Waals surface area contributed by atoms with E-state index in [0.717, 1.165) is 36.4 Å². The Hall–Kier alpha value is -3.85. The summed E-state index contributed by atoms with van der Waals surface area (Å²) in [7, 11) is 0. The fourth-order valence-electron chi connectivity index (χ4n) is 5.90. The maximum absolute atomic E-state index is 15.2. The molecule has 2 bridgehead atoms. The lowest BCUT2D eigenvalue weighted by atomic mass is 9.90. The van der Waals surface area contributed by atoms with Crippen molar-refractivity contribution in [2.45, 2.75) is 50.8 Å². The van der Waals surface area contributed by atoms with E-state index in [1.807, 2.05) is 6.07 Å². The molecular weight excluding hydrogens is 476 g/mol. The first-order chi connectivity index (χ1) is 17.1. The number of nitrogens with one attached hydrogen (secondary N) is 2. The Labute approximate surface area is 204 Å². The quantitative estimate of drug-likeness (QED) is 0.367. The molecule has 2 heterocycles. The van der Waals surface area contributed by atoms with Gasteiger partial charge in [-0.2, -0.15) is 21.3 Å². The Morgan fingerprint density at radius 2 is 1.64 bits per heavy atom. The van der Waals surface area contributed by atoms with Crippen LogP contribution in [0.3, 0.4) is 0 Å². The van der Waals surface area contributed by atoms with Gasteiger partial charge < -0.3 is 4.74 Å². The lowest BCUT2D eigenvalue weighted by molar-refractivity contribution is 0.0954. The van der Waals surface area contributed by atoms with Crippen LogP contribution >= 0.6 is 0 Å². The second kappa shape index (κ2) is 8.37. The normalized spacial score (nSPS) is 27.8. The number of nitrogens with zero attached hydrogens (tertiary/aromatic N) is 4. The molecule has 4 aliphatic rings. The van der Waals surface area contributed by atoms with Gasteiger partial charge in [-0.25, -0.2) is 23.0 Å². The van der Waals surface area contributed by atoms with Crippen molar-refractivity contribution in [3.63, 3.8) is 0 Å². The maximum atomic E-state index is 15.2. The number of ether oxygens (including phenoxy) is 1. The standard InChI is InChI=1S/C25H20F4N6O/c1-25(2)16(15(10-32)24(36-25)13(8-30)9-31)6-5-14-17(26)19(28)23(20(29)18(14)27)35-22-12-4-3-11(7-12)21(22)33-34-35/h5-6,11-12,21-22,33-34H,3-4,7H2,1-2H3. The van der Waals surface area contributed by atoms with Gasteiger partial charge in [-0.1, -0.05) is 6.08 Å². The van der Waals surface area contributed by atoms with Gasteiger partial charge in [0.15, 0.2) is 34.6 Å². The molecule has 4 atom stereocenters. The number of nitriles is 3. The van der Waals surface area contributed by atoms with Crippen LogP contribution in [0, 0.1) is 69.1 Å². The average molecular weight is 496 g/mol. The highest BCUT2D eigenvalue weighted by molar-refractivity contribution is 5.66. The zero-order chi connectivity index (χ0) is 25.9. The molecule has 5 rings (SSSR count). The van der Waals surface area contributed by atoms with Crippen LogP contribution in [0.2, 0.25) is 0 Å². The minimum Gasteiger partial charge on any atom is -0.480 e. The summed E-state index contributed by atoms with van der Waals surface area (Å²) < 4.78 is 66.3. The molecule has 2 saturated carbocycles. The van der Waals surface area contributed by atoms with Crippen molar-refractivity contribution in [1.82, 2.24) is 11.0 Å². The molecular formula is C25H20F4N6O. The molecule has 0 amide bonds. The van der Waals surface area contributed by atoms with Crippen LogP contribution in [-0.4, -0.2) is 17.7 Å². The van der Waals surface area contributed by atoms with Crippen molar-refractivity contribution in [1.29, 1.82) is 15.8 Å². The highest BCUT2D eigenvalue weighted by atomic mass is 19.2. The van der Waals surface area contributed by atoms with E-state index in [2.05, 4.69) is 11.0 Å². The first-order valence-corrected chi connectivity index (χ1v) is 11.4. The van der Waals surface area contributed by atoms with Crippen molar-refractivity contribution in [2.75, 3.05) is 5.01 Å². The number of allylic oxidation sites excluding steroid dienone is 2. The molecule has 1 aromatic carbocycles. The van der Waals surface area contributed by atoms with Crippen LogP contribution < -0.4 is 16.0 Å². The zero-order valence-corrected chi connectivity index (χ0v) is 19.3. The number of halogens is 4. The topological polar surface area (TPSA) is 108 Å². The number of rotatable bonds is 3. The van der Waals surface area contributed by atoms with E-state index in [-0.39, 0.29) is 34.9 Å². The number of fused-ring (bicyclic) bond motifs is 5. The van der Waals surface area contributed by atoms with Gasteiger partial charge in [0.1, 0.15) is 35.1 Å². The molecule has 7 nitrogen and oxygen atoms in total. The van der Waals surface area contributed by atoms with E-state index >= 15 is 17.6 Å². The lowest BCUT2D eigenvalue weighted by Crippen LogP contribution is -2.44. The molecule has 0 aromatic heterocycles. The smallest absolute Gasteiger partial charge is 0.187 e. The summed E-state index contributed by atoms with van der Waals surface area (Å²) in [5.41, 5.74) is 2.07. The van der Waals surface area contributed by atoms with Gasteiger partial charge in [0.05, 0.1) is 11.6 Å². The Bertz CT molecular complexity index is 1350. The third-order valence-corrected chi connectivity index (χ3v) is 7.52. The Kier molecular flexibility index (Phi) is 5.55. The van der Waals surface area contributed by atoms with Crippen LogP contribution in [0.1, 0.15) is 38.7 Å². The van der Waals surface area contributed by atoms with Crippen molar-refractivity contribution in [2.24, 2.45) is 11.8 Å². The minimum absolute atomic E-state index is 0.0665. The van der Waals surface area contributed by atoms with Crippen molar-refractivity contribution in [3.05, 3.63) is 57.4 Å². The van der Waals surface area contributed by atoms with Crippen LogP contribution in [0.5, 0.6) is 0 Å². The van der Waals surface area contributed by atoms with Crippen LogP contribution in [0.4, 0.5) is 23.2 Å². The summed E-state index contributed by atoms with van der Waals surface area (Å²) in [4.78, 5) is 0. The van der Waals surface area contributed by atoms with Gasteiger partial charge in [0.2, 0.25) is 0 Å². The molecule has 2 aliphatic heterocycles. The summed E-state index contributed by atoms with van der Waals surface area (Å²) in [6.45, 7) is 3.02. The molecule has 2 aliphatic carbocycles. The fraction of sp³-hybridized carbons (Fsp3) is 0.400. The Balaban J connectivity index is 1.56. The molecule has 4 unspecified atom stereocenters. The zero-order valence-electron chi connectivity index (χ0n) is 19.3. The molecule has 1 aromatic rings. The number of hydrogen-bond acceptors (Lipinski definition) is 7. The van der Waals surface area contributed by atoms with E-state index in [4.69, 9.17) is 15.3 Å². The van der Waals surface area contributed by atoms with Gasteiger partial charge in [-0.15, -0.1) is 0 Å². The van der Waals surface area contributed by atoms with E-state index in [1.165, 1.54) is 13.8 Å². The van der Waals surface area contributed by atoms with Crippen LogP contribution in [0.25, 0.3) is 6.08 Å². The molecule has 1 saturated heterocycles. The van der Waals surface area contributed by atoms with Gasteiger partial charge in [0.25, 0.3) is 0 Å². The highest BCUT2D eigenvalue weighted by Crippen LogP contribution is 2.49. The third kappa shape index (κ3) is 3.30. The predicted molar refractivity (Wildman–Crippen MR) is 119 cm³/mol. The molecule has 36 heavy (non-hydrogen) atoms. The van der Waals surface area contributed by atoms with E-state index < -0.39 is 45.7 Å². The minimum atomic E-state index is -1.59.